The maximum absolute atomic E-state index is 12.6. The Hall–Kier alpha value is -1.06. The predicted octanol–water partition coefficient (Wildman–Crippen LogP) is 2.53. The molecule has 2 aliphatic rings. The summed E-state index contributed by atoms with van der Waals surface area (Å²) < 4.78 is 0. The predicted molar refractivity (Wildman–Crippen MR) is 72.7 cm³/mol. The first-order valence-electron chi connectivity index (χ1n) is 7.41. The summed E-state index contributed by atoms with van der Waals surface area (Å²) in [6.45, 7) is 5.87. The average Bonchev–Trinajstić information content (AvgIpc) is 2.68. The lowest BCUT2D eigenvalue weighted by Crippen LogP contribution is -2.44. The third-order valence-corrected chi connectivity index (χ3v) is 4.94. The second kappa shape index (κ2) is 5.51. The molecular weight excluding hydrogens is 242 g/mol. The van der Waals surface area contributed by atoms with Crippen molar-refractivity contribution in [2.75, 3.05) is 13.1 Å². The maximum atomic E-state index is 12.6. The summed E-state index contributed by atoms with van der Waals surface area (Å²) in [6.07, 6.45) is 5.23. The van der Waals surface area contributed by atoms with Crippen molar-refractivity contribution in [2.45, 2.75) is 52.4 Å². The molecule has 1 heterocycles. The number of piperidine rings is 1. The van der Waals surface area contributed by atoms with Crippen LogP contribution in [-0.4, -0.2) is 35.0 Å². The fourth-order valence-electron chi connectivity index (χ4n) is 3.61. The van der Waals surface area contributed by atoms with E-state index >= 15 is 0 Å². The normalized spacial score (nSPS) is 27.5. The lowest BCUT2D eigenvalue weighted by molar-refractivity contribution is -0.140. The second-order valence-corrected chi connectivity index (χ2v) is 6.80. The van der Waals surface area contributed by atoms with E-state index in [2.05, 4.69) is 13.8 Å². The summed E-state index contributed by atoms with van der Waals surface area (Å²) in [5.74, 6) is -0.000334. The molecular formula is C15H25NO3. The quantitative estimate of drug-likeness (QED) is 0.855. The summed E-state index contributed by atoms with van der Waals surface area (Å²) >= 11 is 0. The Kier molecular flexibility index (Phi) is 4.16. The van der Waals surface area contributed by atoms with Crippen LogP contribution >= 0.6 is 0 Å². The van der Waals surface area contributed by atoms with Gasteiger partial charge in [-0.15, -0.1) is 0 Å². The van der Waals surface area contributed by atoms with Crippen LogP contribution in [0.2, 0.25) is 0 Å². The van der Waals surface area contributed by atoms with Gasteiger partial charge in [0, 0.05) is 25.4 Å². The van der Waals surface area contributed by atoms with Crippen molar-refractivity contribution in [1.29, 1.82) is 0 Å². The van der Waals surface area contributed by atoms with Crippen LogP contribution in [0.3, 0.4) is 0 Å². The third-order valence-electron chi connectivity index (χ3n) is 4.94. The molecule has 1 N–H and O–H groups in total. The maximum Gasteiger partial charge on any atom is 0.303 e. The van der Waals surface area contributed by atoms with Crippen molar-refractivity contribution in [1.82, 2.24) is 4.90 Å². The van der Waals surface area contributed by atoms with E-state index in [1.807, 2.05) is 4.90 Å². The molecule has 0 spiro atoms. The van der Waals surface area contributed by atoms with Gasteiger partial charge in [0.15, 0.2) is 0 Å². The van der Waals surface area contributed by atoms with Crippen molar-refractivity contribution >= 4 is 11.9 Å². The first-order chi connectivity index (χ1) is 8.90. The van der Waals surface area contributed by atoms with E-state index in [1.165, 1.54) is 0 Å². The molecule has 1 saturated carbocycles. The SMILES string of the molecule is CC1(C)CCCC1C(=O)N1CCC(CC(=O)O)CC1. The Labute approximate surface area is 115 Å². The first-order valence-corrected chi connectivity index (χ1v) is 7.41. The Bertz CT molecular complexity index is 356. The van der Waals surface area contributed by atoms with Gasteiger partial charge >= 0.3 is 5.97 Å². The van der Waals surface area contributed by atoms with Crippen molar-refractivity contribution in [3.05, 3.63) is 0 Å². The Morgan fingerprint density at radius 1 is 1.21 bits per heavy atom. The van der Waals surface area contributed by atoms with E-state index in [1.54, 1.807) is 0 Å². The number of hydrogen-bond donors (Lipinski definition) is 1. The lowest BCUT2D eigenvalue weighted by atomic mass is 9.80. The van der Waals surface area contributed by atoms with Gasteiger partial charge < -0.3 is 10.0 Å². The van der Waals surface area contributed by atoms with E-state index in [0.29, 0.717) is 5.91 Å². The van der Waals surface area contributed by atoms with Crippen molar-refractivity contribution in [3.63, 3.8) is 0 Å². The molecule has 1 amide bonds. The van der Waals surface area contributed by atoms with E-state index in [4.69, 9.17) is 5.11 Å². The molecule has 0 aromatic carbocycles. The highest BCUT2D eigenvalue weighted by Crippen LogP contribution is 2.43. The van der Waals surface area contributed by atoms with E-state index < -0.39 is 5.97 Å². The van der Waals surface area contributed by atoms with Gasteiger partial charge in [0.2, 0.25) is 5.91 Å². The Balaban J connectivity index is 1.87. The minimum atomic E-state index is -0.721. The number of carboxylic acid groups (broad SMARTS) is 1. The third kappa shape index (κ3) is 3.28. The number of hydrogen-bond acceptors (Lipinski definition) is 2. The Morgan fingerprint density at radius 3 is 2.32 bits per heavy atom. The molecule has 1 atom stereocenters. The number of likely N-dealkylation sites (tertiary alicyclic amines) is 1. The zero-order valence-electron chi connectivity index (χ0n) is 12.0. The largest absolute Gasteiger partial charge is 0.481 e. The molecule has 0 aromatic heterocycles. The van der Waals surface area contributed by atoms with E-state index in [-0.39, 0.29) is 23.7 Å². The molecule has 19 heavy (non-hydrogen) atoms. The number of carbonyl (C=O) groups is 2. The zero-order valence-corrected chi connectivity index (χ0v) is 12.0. The summed E-state index contributed by atoms with van der Waals surface area (Å²) in [5.41, 5.74) is 0.134. The van der Waals surface area contributed by atoms with Crippen LogP contribution in [0.15, 0.2) is 0 Å². The van der Waals surface area contributed by atoms with Crippen LogP contribution in [0.1, 0.15) is 52.4 Å². The summed E-state index contributed by atoms with van der Waals surface area (Å²) in [7, 11) is 0. The van der Waals surface area contributed by atoms with Crippen LogP contribution in [0.5, 0.6) is 0 Å². The lowest BCUT2D eigenvalue weighted by Gasteiger charge is -2.36. The number of nitrogens with zero attached hydrogens (tertiary/aromatic N) is 1. The average molecular weight is 267 g/mol. The van der Waals surface area contributed by atoms with Crippen molar-refractivity contribution < 1.29 is 14.7 Å². The zero-order chi connectivity index (χ0) is 14.0. The molecule has 0 aromatic rings. The molecule has 0 radical (unpaired) electrons. The number of amides is 1. The second-order valence-electron chi connectivity index (χ2n) is 6.80. The fourth-order valence-corrected chi connectivity index (χ4v) is 3.61. The molecule has 0 bridgehead atoms. The van der Waals surface area contributed by atoms with Gasteiger partial charge in [-0.2, -0.15) is 0 Å². The number of carboxylic acids is 1. The minimum Gasteiger partial charge on any atom is -0.481 e. The van der Waals surface area contributed by atoms with Crippen molar-refractivity contribution in [2.24, 2.45) is 17.3 Å². The van der Waals surface area contributed by atoms with Crippen LogP contribution < -0.4 is 0 Å². The summed E-state index contributed by atoms with van der Waals surface area (Å²) in [4.78, 5) is 25.2. The van der Waals surface area contributed by atoms with E-state index in [0.717, 1.165) is 45.2 Å². The van der Waals surface area contributed by atoms with Gasteiger partial charge in [-0.05, 0) is 37.0 Å². The van der Waals surface area contributed by atoms with E-state index in [9.17, 15) is 9.59 Å². The van der Waals surface area contributed by atoms with Crippen molar-refractivity contribution in [3.8, 4) is 0 Å². The van der Waals surface area contributed by atoms with Crippen LogP contribution in [0, 0.1) is 17.3 Å². The standard InChI is InChI=1S/C15H25NO3/c1-15(2)7-3-4-12(15)14(19)16-8-5-11(6-9-16)10-13(17)18/h11-12H,3-10H2,1-2H3,(H,17,18). The van der Waals surface area contributed by atoms with Crippen LogP contribution in [0.25, 0.3) is 0 Å². The molecule has 1 aliphatic heterocycles. The van der Waals surface area contributed by atoms with Gasteiger partial charge in [0.25, 0.3) is 0 Å². The molecule has 1 aliphatic carbocycles. The van der Waals surface area contributed by atoms with Gasteiger partial charge in [-0.3, -0.25) is 9.59 Å². The van der Waals surface area contributed by atoms with Crippen LogP contribution in [0.4, 0.5) is 0 Å². The molecule has 4 nitrogen and oxygen atoms in total. The van der Waals surface area contributed by atoms with Gasteiger partial charge in [0.1, 0.15) is 0 Å². The number of carbonyl (C=O) groups excluding carboxylic acids is 1. The van der Waals surface area contributed by atoms with Gasteiger partial charge in [-0.1, -0.05) is 20.3 Å². The molecule has 1 saturated heterocycles. The van der Waals surface area contributed by atoms with Gasteiger partial charge in [0.05, 0.1) is 0 Å². The molecule has 2 fully saturated rings. The minimum absolute atomic E-state index is 0.134. The molecule has 2 rings (SSSR count). The van der Waals surface area contributed by atoms with Crippen LogP contribution in [-0.2, 0) is 9.59 Å². The monoisotopic (exact) mass is 267 g/mol. The Morgan fingerprint density at radius 2 is 1.84 bits per heavy atom. The molecule has 108 valence electrons. The molecule has 4 heteroatoms. The highest BCUT2D eigenvalue weighted by molar-refractivity contribution is 5.80. The highest BCUT2D eigenvalue weighted by atomic mass is 16.4. The smallest absolute Gasteiger partial charge is 0.303 e. The highest BCUT2D eigenvalue weighted by Gasteiger charge is 2.41. The topological polar surface area (TPSA) is 57.6 Å². The first kappa shape index (κ1) is 14.4. The fraction of sp³-hybridized carbons (Fsp3) is 0.867. The van der Waals surface area contributed by atoms with Gasteiger partial charge in [-0.25, -0.2) is 0 Å². The number of aliphatic carboxylic acids is 1. The summed E-state index contributed by atoms with van der Waals surface area (Å²) in [5, 5.41) is 8.80. The summed E-state index contributed by atoms with van der Waals surface area (Å²) in [6, 6.07) is 0. The molecule has 1 unspecified atom stereocenters. The number of rotatable bonds is 3.